The molecule has 96 valence electrons. The third-order valence-corrected chi connectivity index (χ3v) is 3.52. The van der Waals surface area contributed by atoms with E-state index >= 15 is 0 Å². The highest BCUT2D eigenvalue weighted by molar-refractivity contribution is 7.15. The zero-order chi connectivity index (χ0) is 13.0. The summed E-state index contributed by atoms with van der Waals surface area (Å²) >= 11 is 1.53. The van der Waals surface area contributed by atoms with Gasteiger partial charge in [-0.3, -0.25) is 0 Å². The van der Waals surface area contributed by atoms with Crippen molar-refractivity contribution in [3.8, 4) is 16.3 Å². The third kappa shape index (κ3) is 3.05. The molecule has 3 nitrogen and oxygen atoms in total. The van der Waals surface area contributed by atoms with E-state index in [-0.39, 0.29) is 5.75 Å². The van der Waals surface area contributed by atoms with E-state index < -0.39 is 5.82 Å². The van der Waals surface area contributed by atoms with Crippen LogP contribution in [-0.2, 0) is 6.54 Å². The average Bonchev–Trinajstić information content (AvgIpc) is 2.82. The maximum absolute atomic E-state index is 13.2. The molecule has 1 aromatic carbocycles. The van der Waals surface area contributed by atoms with Gasteiger partial charge >= 0.3 is 0 Å². The van der Waals surface area contributed by atoms with Crippen LogP contribution in [-0.4, -0.2) is 16.6 Å². The van der Waals surface area contributed by atoms with Gasteiger partial charge in [0.05, 0.1) is 0 Å². The molecule has 18 heavy (non-hydrogen) atoms. The Balaban J connectivity index is 2.11. The van der Waals surface area contributed by atoms with Gasteiger partial charge in [0.25, 0.3) is 0 Å². The predicted molar refractivity (Wildman–Crippen MR) is 71.2 cm³/mol. The van der Waals surface area contributed by atoms with E-state index in [4.69, 9.17) is 5.11 Å². The Morgan fingerprint density at radius 2 is 2.28 bits per heavy atom. The van der Waals surface area contributed by atoms with E-state index in [0.717, 1.165) is 29.4 Å². The number of aromatic hydroxyl groups is 1. The standard InChI is InChI=1S/C13H15FN2OS/c1-2-5-15-7-10-8-16-13(18-10)9-3-4-12(17)11(14)6-9/h3-4,6,8,15,17H,2,5,7H2,1H3. The maximum Gasteiger partial charge on any atom is 0.165 e. The second-order valence-corrected chi connectivity index (χ2v) is 5.09. The normalized spacial score (nSPS) is 10.8. The molecule has 0 amide bonds. The van der Waals surface area contributed by atoms with E-state index in [0.29, 0.717) is 5.56 Å². The summed E-state index contributed by atoms with van der Waals surface area (Å²) in [5.41, 5.74) is 0.692. The molecule has 0 bridgehead atoms. The van der Waals surface area contributed by atoms with Crippen molar-refractivity contribution in [1.82, 2.24) is 10.3 Å². The minimum Gasteiger partial charge on any atom is -0.505 e. The lowest BCUT2D eigenvalue weighted by Crippen LogP contribution is -2.12. The Bertz CT molecular complexity index is 527. The van der Waals surface area contributed by atoms with Crippen LogP contribution in [0.4, 0.5) is 4.39 Å². The molecule has 2 N–H and O–H groups in total. The predicted octanol–water partition coefficient (Wildman–Crippen LogP) is 3.15. The molecule has 2 aromatic rings. The zero-order valence-electron chi connectivity index (χ0n) is 10.1. The van der Waals surface area contributed by atoms with Crippen molar-refractivity contribution in [1.29, 1.82) is 0 Å². The average molecular weight is 266 g/mol. The van der Waals surface area contributed by atoms with E-state index in [1.807, 2.05) is 0 Å². The molecule has 0 atom stereocenters. The first-order valence-electron chi connectivity index (χ1n) is 5.85. The highest BCUT2D eigenvalue weighted by atomic mass is 32.1. The number of phenolic OH excluding ortho intramolecular Hbond substituents is 1. The van der Waals surface area contributed by atoms with Crippen LogP contribution in [0.25, 0.3) is 10.6 Å². The van der Waals surface area contributed by atoms with Crippen molar-refractivity contribution in [2.75, 3.05) is 6.54 Å². The van der Waals surface area contributed by atoms with Gasteiger partial charge in [-0.15, -0.1) is 11.3 Å². The van der Waals surface area contributed by atoms with Crippen molar-refractivity contribution in [2.24, 2.45) is 0 Å². The quantitative estimate of drug-likeness (QED) is 0.817. The topological polar surface area (TPSA) is 45.2 Å². The van der Waals surface area contributed by atoms with Crippen molar-refractivity contribution < 1.29 is 9.50 Å². The summed E-state index contributed by atoms with van der Waals surface area (Å²) in [6.45, 7) is 3.87. The van der Waals surface area contributed by atoms with E-state index in [9.17, 15) is 4.39 Å². The molecule has 0 saturated carbocycles. The van der Waals surface area contributed by atoms with Gasteiger partial charge < -0.3 is 10.4 Å². The number of rotatable bonds is 5. The summed E-state index contributed by atoms with van der Waals surface area (Å²) in [7, 11) is 0. The van der Waals surface area contributed by atoms with Gasteiger partial charge in [-0.2, -0.15) is 0 Å². The van der Waals surface area contributed by atoms with E-state index in [1.54, 1.807) is 12.3 Å². The largest absolute Gasteiger partial charge is 0.505 e. The second kappa shape index (κ2) is 5.93. The molecule has 0 aliphatic carbocycles. The molecular weight excluding hydrogens is 251 g/mol. The number of benzene rings is 1. The Morgan fingerprint density at radius 3 is 3.00 bits per heavy atom. The molecule has 0 fully saturated rings. The van der Waals surface area contributed by atoms with Gasteiger partial charge in [-0.05, 0) is 31.2 Å². The number of nitrogens with one attached hydrogen (secondary N) is 1. The smallest absolute Gasteiger partial charge is 0.165 e. The molecule has 0 radical (unpaired) electrons. The lowest BCUT2D eigenvalue weighted by atomic mass is 10.2. The minimum absolute atomic E-state index is 0.333. The molecule has 1 aromatic heterocycles. The fourth-order valence-corrected chi connectivity index (χ4v) is 2.43. The van der Waals surface area contributed by atoms with Crippen LogP contribution in [0, 0.1) is 5.82 Å². The molecule has 0 saturated heterocycles. The third-order valence-electron chi connectivity index (χ3n) is 2.47. The number of hydrogen-bond acceptors (Lipinski definition) is 4. The monoisotopic (exact) mass is 266 g/mol. The van der Waals surface area contributed by atoms with Gasteiger partial charge in [0.15, 0.2) is 11.6 Å². The van der Waals surface area contributed by atoms with Gasteiger partial charge in [0.1, 0.15) is 5.01 Å². The number of phenols is 1. The molecule has 0 spiro atoms. The Labute approximate surface area is 109 Å². The van der Waals surface area contributed by atoms with Crippen LogP contribution < -0.4 is 5.32 Å². The van der Waals surface area contributed by atoms with E-state index in [2.05, 4.69) is 17.2 Å². The van der Waals surface area contributed by atoms with Crippen molar-refractivity contribution in [3.05, 3.63) is 35.1 Å². The first-order chi connectivity index (χ1) is 8.70. The SMILES string of the molecule is CCCNCc1cnc(-c2ccc(O)c(F)c2)s1. The van der Waals surface area contributed by atoms with Crippen LogP contribution in [0.15, 0.2) is 24.4 Å². The maximum atomic E-state index is 13.2. The molecule has 0 aliphatic rings. The number of hydrogen-bond donors (Lipinski definition) is 2. The summed E-state index contributed by atoms with van der Waals surface area (Å²) in [5, 5.41) is 13.2. The number of halogens is 1. The van der Waals surface area contributed by atoms with Crippen molar-refractivity contribution in [3.63, 3.8) is 0 Å². The fourth-order valence-electron chi connectivity index (χ4n) is 1.55. The molecule has 2 rings (SSSR count). The number of thiazole rings is 1. The Hall–Kier alpha value is -1.46. The number of nitrogens with zero attached hydrogens (tertiary/aromatic N) is 1. The first-order valence-corrected chi connectivity index (χ1v) is 6.66. The summed E-state index contributed by atoms with van der Waals surface area (Å²) in [5.74, 6) is -0.950. The summed E-state index contributed by atoms with van der Waals surface area (Å²) in [4.78, 5) is 5.38. The first kappa shape index (κ1) is 13.0. The van der Waals surface area contributed by atoms with Gasteiger partial charge in [0, 0.05) is 23.2 Å². The Kier molecular flexibility index (Phi) is 4.28. The summed E-state index contributed by atoms with van der Waals surface area (Å²) < 4.78 is 13.2. The van der Waals surface area contributed by atoms with Crippen LogP contribution in [0.3, 0.4) is 0 Å². The van der Waals surface area contributed by atoms with Crippen molar-refractivity contribution >= 4 is 11.3 Å². The van der Waals surface area contributed by atoms with Gasteiger partial charge in [0.2, 0.25) is 0 Å². The van der Waals surface area contributed by atoms with Crippen LogP contribution in [0.5, 0.6) is 5.75 Å². The second-order valence-electron chi connectivity index (χ2n) is 3.97. The summed E-state index contributed by atoms with van der Waals surface area (Å²) in [6, 6.07) is 4.32. The Morgan fingerprint density at radius 1 is 1.44 bits per heavy atom. The minimum atomic E-state index is -0.617. The highest BCUT2D eigenvalue weighted by Gasteiger charge is 2.07. The van der Waals surface area contributed by atoms with Crippen LogP contribution >= 0.6 is 11.3 Å². The van der Waals surface area contributed by atoms with Crippen LogP contribution in [0.1, 0.15) is 18.2 Å². The molecule has 0 unspecified atom stereocenters. The van der Waals surface area contributed by atoms with Gasteiger partial charge in [-0.25, -0.2) is 9.37 Å². The van der Waals surface area contributed by atoms with E-state index in [1.165, 1.54) is 23.5 Å². The lowest BCUT2D eigenvalue weighted by molar-refractivity contribution is 0.432. The lowest BCUT2D eigenvalue weighted by Gasteiger charge is -1.99. The zero-order valence-corrected chi connectivity index (χ0v) is 10.9. The molecular formula is C13H15FN2OS. The summed E-state index contributed by atoms with van der Waals surface area (Å²) in [6.07, 6.45) is 2.89. The fraction of sp³-hybridized carbons (Fsp3) is 0.308. The molecule has 5 heteroatoms. The van der Waals surface area contributed by atoms with Crippen molar-refractivity contribution in [2.45, 2.75) is 19.9 Å². The molecule has 1 heterocycles. The number of aromatic nitrogens is 1. The highest BCUT2D eigenvalue weighted by Crippen LogP contribution is 2.28. The molecule has 0 aliphatic heterocycles. The van der Waals surface area contributed by atoms with Crippen LogP contribution in [0.2, 0.25) is 0 Å². The van der Waals surface area contributed by atoms with Gasteiger partial charge in [-0.1, -0.05) is 6.92 Å².